The summed E-state index contributed by atoms with van der Waals surface area (Å²) in [6.07, 6.45) is 0. The lowest BCUT2D eigenvalue weighted by molar-refractivity contribution is 0.237. The van der Waals surface area contributed by atoms with Crippen LogP contribution in [0, 0.1) is 11.6 Å². The van der Waals surface area contributed by atoms with E-state index in [-0.39, 0.29) is 23.6 Å². The molecule has 0 aromatic heterocycles. The number of hydrogen-bond acceptors (Lipinski definition) is 3. The Labute approximate surface area is 137 Å². The van der Waals surface area contributed by atoms with Gasteiger partial charge in [0.25, 0.3) is 0 Å². The number of carbonyl (C=O) groups is 1. The summed E-state index contributed by atoms with van der Waals surface area (Å²) < 4.78 is 42.3. The predicted molar refractivity (Wildman–Crippen MR) is 86.0 cm³/mol. The van der Waals surface area contributed by atoms with Gasteiger partial charge in [0.15, 0.2) is 11.6 Å². The first kappa shape index (κ1) is 19.3. The highest BCUT2D eigenvalue weighted by Crippen LogP contribution is 2.15. The van der Waals surface area contributed by atoms with Gasteiger partial charge in [0, 0.05) is 33.9 Å². The number of nitrogens with one attached hydrogen (secondary N) is 2. The Bertz CT molecular complexity index is 562. The number of urea groups is 1. The Morgan fingerprint density at radius 3 is 2.43 bits per heavy atom. The molecule has 8 heteroatoms. The van der Waals surface area contributed by atoms with Gasteiger partial charge in [-0.25, -0.2) is 13.6 Å². The van der Waals surface area contributed by atoms with Crippen LogP contribution >= 0.6 is 0 Å². The molecule has 0 heterocycles. The highest BCUT2D eigenvalue weighted by molar-refractivity contribution is 7.86. The third-order valence-electron chi connectivity index (χ3n) is 2.80. The predicted octanol–water partition coefficient (Wildman–Crippen LogP) is 2.19. The van der Waals surface area contributed by atoms with Crippen LogP contribution in [-0.4, -0.2) is 40.4 Å². The van der Waals surface area contributed by atoms with Gasteiger partial charge < -0.3 is 15.4 Å². The maximum Gasteiger partial charge on any atom is 0.314 e. The summed E-state index contributed by atoms with van der Waals surface area (Å²) in [5.41, 5.74) is 0. The maximum atomic E-state index is 12.9. The fourth-order valence-corrected chi connectivity index (χ4v) is 2.43. The third kappa shape index (κ3) is 7.40. The Hall–Kier alpha value is -1.70. The lowest BCUT2D eigenvalue weighted by Gasteiger charge is -2.17. The summed E-state index contributed by atoms with van der Waals surface area (Å²) in [5, 5.41) is 5.14. The summed E-state index contributed by atoms with van der Waals surface area (Å²) in [7, 11) is -1.02. The largest absolute Gasteiger partial charge is 0.492 e. The number of rotatable bonds is 7. The standard InChI is InChI=1S/C15H22F2N2O3S/c1-15(2,3)23(21)9-7-19-14(20)18-6-8-22-11-4-5-12(16)13(17)10-11/h4-5,10H,6-9H2,1-3H3,(H2,18,19,20)/t23-/m1/s1. The molecule has 0 radical (unpaired) electrons. The second kappa shape index (κ2) is 8.81. The number of halogens is 2. The lowest BCUT2D eigenvalue weighted by Crippen LogP contribution is -2.40. The van der Waals surface area contributed by atoms with Crippen molar-refractivity contribution >= 4 is 16.8 Å². The van der Waals surface area contributed by atoms with Crippen molar-refractivity contribution in [2.45, 2.75) is 25.5 Å². The van der Waals surface area contributed by atoms with Crippen molar-refractivity contribution < 1.29 is 22.5 Å². The Kier molecular flexibility index (Phi) is 7.41. The minimum Gasteiger partial charge on any atom is -0.492 e. The van der Waals surface area contributed by atoms with E-state index in [0.717, 1.165) is 12.1 Å². The van der Waals surface area contributed by atoms with Crippen LogP contribution in [0.3, 0.4) is 0 Å². The van der Waals surface area contributed by atoms with Crippen LogP contribution in [0.25, 0.3) is 0 Å². The van der Waals surface area contributed by atoms with Crippen molar-refractivity contribution in [1.29, 1.82) is 0 Å². The van der Waals surface area contributed by atoms with Gasteiger partial charge in [-0.15, -0.1) is 0 Å². The monoisotopic (exact) mass is 348 g/mol. The second-order valence-electron chi connectivity index (χ2n) is 5.77. The van der Waals surface area contributed by atoms with Crippen molar-refractivity contribution in [1.82, 2.24) is 10.6 Å². The first-order valence-corrected chi connectivity index (χ1v) is 8.50. The van der Waals surface area contributed by atoms with E-state index in [1.165, 1.54) is 6.07 Å². The highest BCUT2D eigenvalue weighted by atomic mass is 32.2. The molecule has 0 aliphatic rings. The van der Waals surface area contributed by atoms with Crippen LogP contribution in [-0.2, 0) is 10.8 Å². The summed E-state index contributed by atoms with van der Waals surface area (Å²) in [6.45, 7) is 6.25. The van der Waals surface area contributed by atoms with Gasteiger partial charge >= 0.3 is 6.03 Å². The summed E-state index contributed by atoms with van der Waals surface area (Å²) in [4.78, 5) is 11.5. The minimum absolute atomic E-state index is 0.117. The highest BCUT2D eigenvalue weighted by Gasteiger charge is 2.18. The smallest absolute Gasteiger partial charge is 0.314 e. The topological polar surface area (TPSA) is 67.4 Å². The molecule has 130 valence electrons. The molecule has 1 aromatic carbocycles. The average molecular weight is 348 g/mol. The molecule has 0 bridgehead atoms. The van der Waals surface area contributed by atoms with E-state index < -0.39 is 28.5 Å². The van der Waals surface area contributed by atoms with Gasteiger partial charge in [-0.2, -0.15) is 0 Å². The molecule has 1 rings (SSSR count). The zero-order chi connectivity index (χ0) is 17.5. The zero-order valence-electron chi connectivity index (χ0n) is 13.4. The van der Waals surface area contributed by atoms with E-state index in [9.17, 15) is 17.8 Å². The van der Waals surface area contributed by atoms with E-state index in [1.807, 2.05) is 20.8 Å². The molecule has 2 amide bonds. The number of ether oxygens (including phenoxy) is 1. The zero-order valence-corrected chi connectivity index (χ0v) is 14.3. The molecule has 2 N–H and O–H groups in total. The van der Waals surface area contributed by atoms with E-state index >= 15 is 0 Å². The molecule has 0 saturated carbocycles. The molecule has 0 aliphatic carbocycles. The number of benzene rings is 1. The SMILES string of the molecule is CC(C)(C)[S@](=O)CCNC(=O)NCCOc1ccc(F)c(F)c1. The van der Waals surface area contributed by atoms with Crippen LogP contribution in [0.4, 0.5) is 13.6 Å². The first-order chi connectivity index (χ1) is 10.7. The van der Waals surface area contributed by atoms with Crippen molar-refractivity contribution in [2.24, 2.45) is 0 Å². The van der Waals surface area contributed by atoms with Crippen LogP contribution in [0.1, 0.15) is 20.8 Å². The molecule has 0 aliphatic heterocycles. The third-order valence-corrected chi connectivity index (χ3v) is 4.74. The quantitative estimate of drug-likeness (QED) is 0.742. The first-order valence-electron chi connectivity index (χ1n) is 7.18. The van der Waals surface area contributed by atoms with Crippen molar-refractivity contribution in [3.8, 4) is 5.75 Å². The van der Waals surface area contributed by atoms with Crippen LogP contribution in [0.15, 0.2) is 18.2 Å². The number of hydrogen-bond donors (Lipinski definition) is 2. The van der Waals surface area contributed by atoms with Gasteiger partial charge in [-0.3, -0.25) is 4.21 Å². The fourth-order valence-electron chi connectivity index (χ4n) is 1.53. The average Bonchev–Trinajstić information content (AvgIpc) is 2.46. The van der Waals surface area contributed by atoms with Gasteiger partial charge in [0.1, 0.15) is 12.4 Å². The summed E-state index contributed by atoms with van der Waals surface area (Å²) in [5.74, 6) is -1.36. The Balaban J connectivity index is 2.17. The molecular formula is C15H22F2N2O3S. The van der Waals surface area contributed by atoms with Crippen molar-refractivity contribution in [2.75, 3.05) is 25.4 Å². The van der Waals surface area contributed by atoms with Gasteiger partial charge in [-0.05, 0) is 32.9 Å². The van der Waals surface area contributed by atoms with Crippen molar-refractivity contribution in [3.05, 3.63) is 29.8 Å². The van der Waals surface area contributed by atoms with E-state index in [1.54, 1.807) is 0 Å². The Morgan fingerprint density at radius 2 is 1.83 bits per heavy atom. The summed E-state index contributed by atoms with van der Waals surface area (Å²) in [6, 6.07) is 2.82. The number of amides is 2. The molecule has 0 saturated heterocycles. The molecular weight excluding hydrogens is 326 g/mol. The molecule has 1 atom stereocenters. The molecule has 5 nitrogen and oxygen atoms in total. The Morgan fingerprint density at radius 1 is 1.17 bits per heavy atom. The number of carbonyl (C=O) groups excluding carboxylic acids is 1. The van der Waals surface area contributed by atoms with E-state index in [0.29, 0.717) is 12.3 Å². The molecule has 1 aromatic rings. The normalized spacial score (nSPS) is 12.6. The van der Waals surface area contributed by atoms with Gasteiger partial charge in [-0.1, -0.05) is 0 Å². The van der Waals surface area contributed by atoms with Gasteiger partial charge in [0.05, 0.1) is 6.54 Å². The second-order valence-corrected chi connectivity index (χ2v) is 8.09. The van der Waals surface area contributed by atoms with Gasteiger partial charge in [0.2, 0.25) is 0 Å². The fraction of sp³-hybridized carbons (Fsp3) is 0.533. The molecule has 0 spiro atoms. The van der Waals surface area contributed by atoms with Crippen molar-refractivity contribution in [3.63, 3.8) is 0 Å². The van der Waals surface area contributed by atoms with Crippen LogP contribution in [0.2, 0.25) is 0 Å². The minimum atomic E-state index is -1.02. The molecule has 23 heavy (non-hydrogen) atoms. The molecule has 0 unspecified atom stereocenters. The van der Waals surface area contributed by atoms with E-state index in [4.69, 9.17) is 4.74 Å². The summed E-state index contributed by atoms with van der Waals surface area (Å²) >= 11 is 0. The van der Waals surface area contributed by atoms with Crippen LogP contribution in [0.5, 0.6) is 5.75 Å². The molecule has 0 fully saturated rings. The van der Waals surface area contributed by atoms with Crippen LogP contribution < -0.4 is 15.4 Å². The lowest BCUT2D eigenvalue weighted by atomic mass is 10.3. The van der Waals surface area contributed by atoms with E-state index in [2.05, 4.69) is 10.6 Å². The maximum absolute atomic E-state index is 12.9.